The number of hydrogen-bond donors (Lipinski definition) is 2. The predicted molar refractivity (Wildman–Crippen MR) is 175 cm³/mol. The van der Waals surface area contributed by atoms with Gasteiger partial charge >= 0.3 is 5.97 Å². The van der Waals surface area contributed by atoms with Crippen molar-refractivity contribution in [3.63, 3.8) is 0 Å². The number of carbonyl (C=O) groups excluding carboxylic acids is 3. The molecule has 1 aromatic heterocycles. The maximum atomic E-state index is 11.9. The van der Waals surface area contributed by atoms with Crippen LogP contribution in [0.4, 0.5) is 5.69 Å². The van der Waals surface area contributed by atoms with E-state index in [-0.39, 0.29) is 53.6 Å². The Hall–Kier alpha value is -2.30. The Morgan fingerprint density at radius 1 is 1.27 bits per heavy atom. The number of aldehydes is 1. The molecular formula is C30H50N4O9S2. The summed E-state index contributed by atoms with van der Waals surface area (Å²) >= 11 is 0. The second kappa shape index (κ2) is 21.5. The van der Waals surface area contributed by atoms with Crippen LogP contribution in [0.1, 0.15) is 80.1 Å². The molecule has 1 aromatic rings. The molecule has 0 radical (unpaired) electrons. The Morgan fingerprint density at radius 3 is 2.56 bits per heavy atom. The minimum Gasteiger partial charge on any atom is -0.460 e. The van der Waals surface area contributed by atoms with Crippen LogP contribution in [0.5, 0.6) is 0 Å². The van der Waals surface area contributed by atoms with E-state index in [9.17, 15) is 24.5 Å². The summed E-state index contributed by atoms with van der Waals surface area (Å²) in [6.07, 6.45) is 4.44. The van der Waals surface area contributed by atoms with E-state index in [4.69, 9.17) is 18.9 Å². The molecule has 15 heteroatoms. The first-order chi connectivity index (χ1) is 21.2. The number of nitrogens with one attached hydrogen (secondary N) is 2. The summed E-state index contributed by atoms with van der Waals surface area (Å²) in [6, 6.07) is 3.07. The first kappa shape index (κ1) is 40.7. The van der Waals surface area contributed by atoms with E-state index in [2.05, 4.69) is 29.5 Å². The van der Waals surface area contributed by atoms with Crippen molar-refractivity contribution in [2.75, 3.05) is 33.4 Å². The molecule has 1 saturated heterocycles. The molecule has 0 bridgehead atoms. The predicted octanol–water partition coefficient (Wildman–Crippen LogP) is 4.86. The molecule has 0 aliphatic carbocycles. The third kappa shape index (κ3) is 19.7. The van der Waals surface area contributed by atoms with Gasteiger partial charge in [-0.2, -0.15) is 0 Å². The molecule has 2 atom stereocenters. The molecular weight excluding hydrogens is 624 g/mol. The molecule has 2 heterocycles. The van der Waals surface area contributed by atoms with Gasteiger partial charge in [-0.1, -0.05) is 10.8 Å². The molecule has 13 nitrogen and oxygen atoms in total. The molecule has 0 aromatic carbocycles. The van der Waals surface area contributed by atoms with Gasteiger partial charge in [0, 0.05) is 36.6 Å². The van der Waals surface area contributed by atoms with Gasteiger partial charge in [-0.05, 0) is 84.8 Å². The molecule has 1 amide bonds. The molecule has 1 fully saturated rings. The van der Waals surface area contributed by atoms with Crippen LogP contribution in [0.2, 0.25) is 0 Å². The zero-order valence-electron chi connectivity index (χ0n) is 27.5. The molecule has 0 spiro atoms. The fourth-order valence-corrected chi connectivity index (χ4v) is 6.07. The second-order valence-corrected chi connectivity index (χ2v) is 14.7. The number of rotatable bonds is 20. The van der Waals surface area contributed by atoms with Crippen LogP contribution in [0, 0.1) is 10.1 Å². The van der Waals surface area contributed by atoms with E-state index in [0.29, 0.717) is 19.6 Å². The van der Waals surface area contributed by atoms with E-state index >= 15 is 0 Å². The Bertz CT molecular complexity index is 1040. The fraction of sp³-hybridized carbons (Fsp3) is 0.733. The Morgan fingerprint density at radius 2 is 2.00 bits per heavy atom. The van der Waals surface area contributed by atoms with Crippen LogP contribution in [0.15, 0.2) is 23.4 Å². The zero-order valence-corrected chi connectivity index (χ0v) is 29.1. The van der Waals surface area contributed by atoms with Crippen molar-refractivity contribution in [1.82, 2.24) is 15.6 Å². The van der Waals surface area contributed by atoms with Crippen LogP contribution in [-0.2, 0) is 33.3 Å². The highest BCUT2D eigenvalue weighted by Gasteiger charge is 2.34. The summed E-state index contributed by atoms with van der Waals surface area (Å²) in [5, 5.41) is 17.0. The normalized spacial score (nSPS) is 16.4. The van der Waals surface area contributed by atoms with Gasteiger partial charge in [-0.3, -0.25) is 19.7 Å². The third-order valence-corrected chi connectivity index (χ3v) is 9.42. The largest absolute Gasteiger partial charge is 0.460 e. The molecule has 1 aliphatic heterocycles. The summed E-state index contributed by atoms with van der Waals surface area (Å²) in [5.41, 5.74) is -0.228. The van der Waals surface area contributed by atoms with E-state index < -0.39 is 17.2 Å². The van der Waals surface area contributed by atoms with Gasteiger partial charge in [0.25, 0.3) is 5.69 Å². The van der Waals surface area contributed by atoms with Crippen molar-refractivity contribution < 1.29 is 38.3 Å². The van der Waals surface area contributed by atoms with E-state index in [1.807, 2.05) is 34.7 Å². The first-order valence-electron chi connectivity index (χ1n) is 15.1. The minimum absolute atomic E-state index is 0.00225. The first-order valence-corrected chi connectivity index (χ1v) is 17.2. The minimum atomic E-state index is -0.646. The lowest BCUT2D eigenvalue weighted by atomic mass is 10.1. The lowest BCUT2D eigenvalue weighted by Gasteiger charge is -2.24. The number of aromatic nitrogens is 1. The molecule has 0 saturated carbocycles. The Balaban J connectivity index is 0.000000487. The molecule has 2 rings (SSSR count). The maximum absolute atomic E-state index is 11.9. The van der Waals surface area contributed by atoms with Crippen LogP contribution in [-0.4, -0.2) is 90.3 Å². The second-order valence-electron chi connectivity index (χ2n) is 11.9. The quantitative estimate of drug-likeness (QED) is 0.0366. The standard InChI is InChI=1S/C19H36N2O6.C11H14N2O3S2/c1-14(2)26-18(27-15-11-19(3,4)25-12-15)13-24-17(23)8-7-16(22)21-10-6-9-20-5;1-11(2,6-3-7-14)18-17-10-5-4-9(8-12-10)13(15)16/h14-15,18,20H,6-13H2,1-5H3,(H,21,22);4-5,7-8H,3,6H2,1-2H3. The number of hydrogen-bond acceptors (Lipinski definition) is 13. The molecule has 2 N–H and O–H groups in total. The van der Waals surface area contributed by atoms with Gasteiger partial charge in [0.2, 0.25) is 5.91 Å². The van der Waals surface area contributed by atoms with E-state index in [1.165, 1.54) is 23.1 Å². The number of nitro groups is 1. The highest BCUT2D eigenvalue weighted by molar-refractivity contribution is 8.77. The molecule has 45 heavy (non-hydrogen) atoms. The number of carbonyl (C=O) groups is 3. The zero-order chi connectivity index (χ0) is 33.9. The monoisotopic (exact) mass is 674 g/mol. The van der Waals surface area contributed by atoms with Crippen LogP contribution < -0.4 is 10.6 Å². The van der Waals surface area contributed by atoms with E-state index in [0.717, 1.165) is 37.1 Å². The Labute approximate surface area is 274 Å². The number of esters is 1. The Kier molecular flexibility index (Phi) is 19.4. The van der Waals surface area contributed by atoms with Crippen molar-refractivity contribution in [3.8, 4) is 0 Å². The summed E-state index contributed by atoms with van der Waals surface area (Å²) in [6.45, 7) is 13.8. The fourth-order valence-electron chi connectivity index (χ4n) is 3.86. The number of ether oxygens (including phenoxy) is 4. The average Bonchev–Trinajstić information content (AvgIpc) is 3.32. The van der Waals surface area contributed by atoms with Crippen molar-refractivity contribution >= 4 is 45.4 Å². The number of amides is 1. The van der Waals surface area contributed by atoms with Gasteiger partial charge < -0.3 is 34.4 Å². The van der Waals surface area contributed by atoms with Crippen LogP contribution >= 0.6 is 21.6 Å². The lowest BCUT2D eigenvalue weighted by molar-refractivity contribution is -0.385. The topological polar surface area (TPSA) is 168 Å². The lowest BCUT2D eigenvalue weighted by Crippen LogP contribution is -2.33. The SMILES string of the molecule is CC(C)(CCC=O)SSc1ccc([N+](=O)[O-])cn1.CNCCCNC(=O)CCC(=O)OCC(OC(C)C)OC1COC(C)(C)C1. The van der Waals surface area contributed by atoms with Crippen molar-refractivity contribution in [2.45, 2.75) is 114 Å². The van der Waals surface area contributed by atoms with Crippen LogP contribution in [0.3, 0.4) is 0 Å². The summed E-state index contributed by atoms with van der Waals surface area (Å²) in [7, 11) is 4.94. The summed E-state index contributed by atoms with van der Waals surface area (Å²) in [5.74, 6) is -0.594. The van der Waals surface area contributed by atoms with Crippen molar-refractivity contribution in [1.29, 1.82) is 0 Å². The summed E-state index contributed by atoms with van der Waals surface area (Å²) < 4.78 is 22.5. The number of nitrogens with zero attached hydrogens (tertiary/aromatic N) is 2. The summed E-state index contributed by atoms with van der Waals surface area (Å²) in [4.78, 5) is 47.9. The third-order valence-electron chi connectivity index (χ3n) is 6.16. The van der Waals surface area contributed by atoms with Crippen molar-refractivity contribution in [2.24, 2.45) is 0 Å². The number of pyridine rings is 1. The smallest absolute Gasteiger partial charge is 0.306 e. The highest BCUT2D eigenvalue weighted by atomic mass is 33.1. The molecule has 1 aliphatic rings. The van der Waals surface area contributed by atoms with Crippen molar-refractivity contribution in [3.05, 3.63) is 28.4 Å². The van der Waals surface area contributed by atoms with Gasteiger partial charge in [0.05, 0.1) is 35.8 Å². The van der Waals surface area contributed by atoms with Gasteiger partial charge in [-0.25, -0.2) is 4.98 Å². The van der Waals surface area contributed by atoms with Gasteiger partial charge in [0.1, 0.15) is 24.1 Å². The molecule has 2 unspecified atom stereocenters. The van der Waals surface area contributed by atoms with Gasteiger partial charge in [0.15, 0.2) is 6.29 Å². The molecule has 256 valence electrons. The maximum Gasteiger partial charge on any atom is 0.306 e. The average molecular weight is 675 g/mol. The van der Waals surface area contributed by atoms with E-state index in [1.54, 1.807) is 16.9 Å². The van der Waals surface area contributed by atoms with Crippen LogP contribution in [0.25, 0.3) is 0 Å². The highest BCUT2D eigenvalue weighted by Crippen LogP contribution is 2.42. The van der Waals surface area contributed by atoms with Gasteiger partial charge in [-0.15, -0.1) is 0 Å².